The lowest BCUT2D eigenvalue weighted by Gasteiger charge is -2.47. The van der Waals surface area contributed by atoms with Gasteiger partial charge in [0, 0.05) is 11.2 Å². The molecule has 0 amide bonds. The van der Waals surface area contributed by atoms with Gasteiger partial charge in [0.2, 0.25) is 0 Å². The summed E-state index contributed by atoms with van der Waals surface area (Å²) < 4.78 is 12.3. The Bertz CT molecular complexity index is 515. The monoisotopic (exact) mass is 304 g/mol. The molecule has 21 heavy (non-hydrogen) atoms. The molecule has 2 aliphatic carbocycles. The van der Waals surface area contributed by atoms with Crippen LogP contribution in [-0.2, 0) is 4.74 Å². The van der Waals surface area contributed by atoms with Crippen molar-refractivity contribution >= 4 is 11.8 Å². The molecule has 3 fully saturated rings. The molecular formula is C18H24O2S. The zero-order valence-electron chi connectivity index (χ0n) is 12.9. The lowest BCUT2D eigenvalue weighted by molar-refractivity contribution is -0.0751. The zero-order chi connectivity index (χ0) is 14.5. The summed E-state index contributed by atoms with van der Waals surface area (Å²) in [4.78, 5) is 0. The summed E-state index contributed by atoms with van der Waals surface area (Å²) in [6.45, 7) is 5.59. The molecule has 1 aliphatic heterocycles. The third-order valence-corrected chi connectivity index (χ3v) is 7.63. The number of hydrogen-bond acceptors (Lipinski definition) is 3. The van der Waals surface area contributed by atoms with Crippen molar-refractivity contribution in [1.29, 1.82) is 0 Å². The van der Waals surface area contributed by atoms with Crippen molar-refractivity contribution in [2.75, 3.05) is 12.4 Å². The first-order valence-electron chi connectivity index (χ1n) is 8.07. The fourth-order valence-corrected chi connectivity index (χ4v) is 6.33. The van der Waals surface area contributed by atoms with Crippen LogP contribution in [0.5, 0.6) is 5.75 Å². The molecule has 1 aromatic carbocycles. The fourth-order valence-electron chi connectivity index (χ4n) is 4.76. The minimum Gasteiger partial charge on any atom is -0.490 e. The Labute approximate surface area is 131 Å². The number of ether oxygens (including phenoxy) is 2. The summed E-state index contributed by atoms with van der Waals surface area (Å²) in [7, 11) is 0. The van der Waals surface area contributed by atoms with E-state index < -0.39 is 0 Å². The van der Waals surface area contributed by atoms with Crippen molar-refractivity contribution in [3.63, 3.8) is 0 Å². The highest BCUT2D eigenvalue weighted by molar-refractivity contribution is 7.99. The minimum atomic E-state index is 0.191. The van der Waals surface area contributed by atoms with Crippen LogP contribution in [0.25, 0.3) is 0 Å². The van der Waals surface area contributed by atoms with E-state index >= 15 is 0 Å². The van der Waals surface area contributed by atoms with Crippen molar-refractivity contribution in [2.24, 2.45) is 16.7 Å². The number of para-hydroxylation sites is 1. The van der Waals surface area contributed by atoms with Crippen LogP contribution in [0.4, 0.5) is 0 Å². The smallest absolute Gasteiger partial charge is 0.137 e. The van der Waals surface area contributed by atoms with Crippen LogP contribution in [0, 0.1) is 16.7 Å². The molecule has 0 aromatic heterocycles. The maximum atomic E-state index is 6.43. The molecule has 4 atom stereocenters. The molecular weight excluding hydrogens is 280 g/mol. The third kappa shape index (κ3) is 2.04. The molecule has 2 saturated carbocycles. The number of hydrogen-bond donors (Lipinski definition) is 0. The topological polar surface area (TPSA) is 18.5 Å². The van der Waals surface area contributed by atoms with E-state index in [1.54, 1.807) is 0 Å². The third-order valence-electron chi connectivity index (χ3n) is 6.33. The Hall–Kier alpha value is -0.670. The maximum Gasteiger partial charge on any atom is 0.137 e. The second kappa shape index (κ2) is 4.92. The van der Waals surface area contributed by atoms with Gasteiger partial charge in [-0.1, -0.05) is 32.0 Å². The Morgan fingerprint density at radius 1 is 1.29 bits per heavy atom. The second-order valence-electron chi connectivity index (χ2n) is 7.34. The predicted octanol–water partition coefficient (Wildman–Crippen LogP) is 4.35. The number of thioether (sulfide) groups is 1. The Balaban J connectivity index is 1.40. The standard InChI is InChI=1S/C18H24O2S/c1-17(2)13-8-9-18(17)12-21-16(20-15(18)10-13)11-19-14-6-4-3-5-7-14/h3-7,13,15-16H,8-12H2,1-2H3/t13-,15-,16-,18-/m1/s1. The van der Waals surface area contributed by atoms with Crippen molar-refractivity contribution in [1.82, 2.24) is 0 Å². The Kier molecular flexibility index (Phi) is 3.27. The van der Waals surface area contributed by atoms with Crippen LogP contribution in [0.15, 0.2) is 30.3 Å². The zero-order valence-corrected chi connectivity index (χ0v) is 13.7. The van der Waals surface area contributed by atoms with Gasteiger partial charge in [-0.2, -0.15) is 0 Å². The normalized spacial score (nSPS) is 40.0. The van der Waals surface area contributed by atoms with Gasteiger partial charge in [-0.15, -0.1) is 11.8 Å². The molecule has 4 rings (SSSR count). The lowest BCUT2D eigenvalue weighted by atomic mass is 9.69. The summed E-state index contributed by atoms with van der Waals surface area (Å²) in [5.74, 6) is 3.04. The highest BCUT2D eigenvalue weighted by Gasteiger charge is 2.66. The fraction of sp³-hybridized carbons (Fsp3) is 0.667. The second-order valence-corrected chi connectivity index (χ2v) is 8.49. The molecule has 1 aromatic rings. The van der Waals surface area contributed by atoms with Gasteiger partial charge in [0.1, 0.15) is 17.8 Å². The molecule has 0 radical (unpaired) electrons. The highest BCUT2D eigenvalue weighted by atomic mass is 32.2. The lowest BCUT2D eigenvalue weighted by Crippen LogP contribution is -2.48. The number of fused-ring (bicyclic) bond motifs is 1. The van der Waals surface area contributed by atoms with E-state index in [1.807, 2.05) is 42.1 Å². The van der Waals surface area contributed by atoms with Crippen LogP contribution >= 0.6 is 11.8 Å². The average Bonchev–Trinajstić information content (AvgIpc) is 2.88. The first-order valence-corrected chi connectivity index (χ1v) is 9.12. The molecule has 3 aliphatic rings. The minimum absolute atomic E-state index is 0.191. The van der Waals surface area contributed by atoms with Crippen LogP contribution in [0.1, 0.15) is 33.1 Å². The van der Waals surface area contributed by atoms with Gasteiger partial charge in [0.05, 0.1) is 6.10 Å². The van der Waals surface area contributed by atoms with Crippen LogP contribution in [0.3, 0.4) is 0 Å². The van der Waals surface area contributed by atoms with Gasteiger partial charge in [0.15, 0.2) is 0 Å². The van der Waals surface area contributed by atoms with Gasteiger partial charge in [-0.25, -0.2) is 0 Å². The molecule has 0 N–H and O–H groups in total. The number of rotatable bonds is 3. The van der Waals surface area contributed by atoms with E-state index in [9.17, 15) is 0 Å². The quantitative estimate of drug-likeness (QED) is 0.827. The molecule has 0 unspecified atom stereocenters. The summed E-state index contributed by atoms with van der Waals surface area (Å²) in [5.41, 5.74) is 1.07. The van der Waals surface area contributed by atoms with Crippen LogP contribution in [0.2, 0.25) is 0 Å². The van der Waals surface area contributed by atoms with Gasteiger partial charge >= 0.3 is 0 Å². The summed E-state index contributed by atoms with van der Waals surface area (Å²) in [6.07, 6.45) is 4.47. The average molecular weight is 304 g/mol. The van der Waals surface area contributed by atoms with E-state index in [0.717, 1.165) is 11.7 Å². The van der Waals surface area contributed by atoms with Crippen molar-refractivity contribution in [3.05, 3.63) is 30.3 Å². The van der Waals surface area contributed by atoms with E-state index in [1.165, 1.54) is 25.0 Å². The SMILES string of the molecule is CC1(C)[C@@H]2CC[C@]13CS[C@H](COc1ccccc1)O[C@@H]3C2. The first kappa shape index (κ1) is 14.0. The molecule has 2 nitrogen and oxygen atoms in total. The first-order chi connectivity index (χ1) is 10.1. The van der Waals surface area contributed by atoms with E-state index in [-0.39, 0.29) is 5.44 Å². The van der Waals surface area contributed by atoms with Gasteiger partial charge < -0.3 is 9.47 Å². The van der Waals surface area contributed by atoms with Gasteiger partial charge in [0.25, 0.3) is 0 Å². The molecule has 114 valence electrons. The Morgan fingerprint density at radius 3 is 2.86 bits per heavy atom. The molecule has 1 spiro atoms. The van der Waals surface area contributed by atoms with Gasteiger partial charge in [-0.05, 0) is 42.7 Å². The van der Waals surface area contributed by atoms with Crippen molar-refractivity contribution in [2.45, 2.75) is 44.6 Å². The molecule has 1 saturated heterocycles. The largest absolute Gasteiger partial charge is 0.490 e. The van der Waals surface area contributed by atoms with Crippen molar-refractivity contribution < 1.29 is 9.47 Å². The molecule has 3 heteroatoms. The Morgan fingerprint density at radius 2 is 2.10 bits per heavy atom. The summed E-state index contributed by atoms with van der Waals surface area (Å²) in [6, 6.07) is 10.1. The predicted molar refractivity (Wildman–Crippen MR) is 86.6 cm³/mol. The maximum absolute atomic E-state index is 6.43. The molecule has 1 heterocycles. The number of benzene rings is 1. The van der Waals surface area contributed by atoms with E-state index in [2.05, 4.69) is 13.8 Å². The van der Waals surface area contributed by atoms with Gasteiger partial charge in [-0.3, -0.25) is 0 Å². The summed E-state index contributed by atoms with van der Waals surface area (Å²) >= 11 is 1.96. The van der Waals surface area contributed by atoms with Crippen LogP contribution in [-0.4, -0.2) is 23.9 Å². The molecule has 2 bridgehead atoms. The highest BCUT2D eigenvalue weighted by Crippen LogP contribution is 2.69. The van der Waals surface area contributed by atoms with E-state index in [4.69, 9.17) is 9.47 Å². The van der Waals surface area contributed by atoms with E-state index in [0.29, 0.717) is 23.5 Å². The van der Waals surface area contributed by atoms with Crippen molar-refractivity contribution in [3.8, 4) is 5.75 Å². The van der Waals surface area contributed by atoms with Crippen LogP contribution < -0.4 is 4.74 Å². The summed E-state index contributed by atoms with van der Waals surface area (Å²) in [5, 5.41) is 0.